The van der Waals surface area contributed by atoms with Crippen LogP contribution in [-0.4, -0.2) is 63.1 Å². The molecule has 10 nitrogen and oxygen atoms in total. The largest absolute Gasteiger partial charge is 0.454 e. The minimum atomic E-state index is -0.412. The summed E-state index contributed by atoms with van der Waals surface area (Å²) in [6, 6.07) is 11.9. The molecule has 2 aromatic heterocycles. The second-order valence-electron chi connectivity index (χ2n) is 11.2. The van der Waals surface area contributed by atoms with Crippen LogP contribution in [0.1, 0.15) is 55.7 Å². The number of hydrogen-bond donors (Lipinski definition) is 1. The van der Waals surface area contributed by atoms with Gasteiger partial charge in [-0.1, -0.05) is 19.1 Å². The second kappa shape index (κ2) is 9.68. The molecule has 2 aliphatic heterocycles. The summed E-state index contributed by atoms with van der Waals surface area (Å²) in [4.78, 5) is 21.5. The van der Waals surface area contributed by atoms with Crippen molar-refractivity contribution in [3.8, 4) is 11.5 Å². The highest BCUT2D eigenvalue weighted by molar-refractivity contribution is 5.83. The first kappa shape index (κ1) is 25.4. The van der Waals surface area contributed by atoms with Gasteiger partial charge < -0.3 is 19.4 Å². The lowest BCUT2D eigenvalue weighted by atomic mass is 9.98. The van der Waals surface area contributed by atoms with Gasteiger partial charge in [-0.05, 0) is 73.9 Å². The molecule has 0 spiro atoms. The topological polar surface area (TPSA) is 101 Å². The summed E-state index contributed by atoms with van der Waals surface area (Å²) in [5, 5.41) is 13.9. The molecule has 2 aromatic carbocycles. The molecule has 1 saturated heterocycles. The summed E-state index contributed by atoms with van der Waals surface area (Å²) in [7, 11) is 0. The summed E-state index contributed by atoms with van der Waals surface area (Å²) in [5.41, 5.74) is 4.64. The number of fused-ring (bicyclic) bond motifs is 2. The predicted molar refractivity (Wildman–Crippen MR) is 150 cm³/mol. The Morgan fingerprint density at radius 1 is 1.03 bits per heavy atom. The maximum Gasteiger partial charge on any atom is 0.253 e. The zero-order valence-electron chi connectivity index (χ0n) is 23.2. The predicted octanol–water partition coefficient (Wildman–Crippen LogP) is 3.92. The van der Waals surface area contributed by atoms with Crippen molar-refractivity contribution < 1.29 is 9.47 Å². The van der Waals surface area contributed by atoms with E-state index in [-0.39, 0.29) is 17.9 Å². The Hall–Kier alpha value is -3.92. The molecule has 1 unspecified atom stereocenters. The first-order valence-corrected chi connectivity index (χ1v) is 13.6. The fraction of sp³-hybridized carbons (Fsp3) is 0.448. The molecule has 0 saturated carbocycles. The van der Waals surface area contributed by atoms with E-state index < -0.39 is 6.04 Å². The fourth-order valence-electron chi connectivity index (χ4n) is 5.54. The van der Waals surface area contributed by atoms with E-state index in [1.807, 2.05) is 22.9 Å². The van der Waals surface area contributed by atoms with Gasteiger partial charge in [-0.3, -0.25) is 9.69 Å². The lowest BCUT2D eigenvalue weighted by Gasteiger charge is -2.40. The van der Waals surface area contributed by atoms with Gasteiger partial charge in [-0.25, -0.2) is 4.68 Å². The quantitative estimate of drug-likeness (QED) is 0.401. The molecular weight excluding hydrogens is 494 g/mol. The van der Waals surface area contributed by atoms with Crippen molar-refractivity contribution in [2.75, 3.05) is 37.9 Å². The maximum absolute atomic E-state index is 13.7. The number of H-pyrrole nitrogens is 1. The first-order chi connectivity index (χ1) is 18.7. The lowest BCUT2D eigenvalue weighted by molar-refractivity contribution is 0.174. The molecule has 4 aromatic rings. The molecule has 0 amide bonds. The molecule has 0 bridgehead atoms. The van der Waals surface area contributed by atoms with Crippen molar-refractivity contribution in [3.05, 3.63) is 69.3 Å². The summed E-state index contributed by atoms with van der Waals surface area (Å²) < 4.78 is 13.0. The Kier molecular flexibility index (Phi) is 6.29. The number of nitrogens with one attached hydrogen (secondary N) is 1. The average Bonchev–Trinajstić information content (AvgIpc) is 3.60. The Morgan fingerprint density at radius 2 is 1.77 bits per heavy atom. The van der Waals surface area contributed by atoms with E-state index in [0.717, 1.165) is 38.0 Å². The number of tetrazole rings is 1. The Labute approximate surface area is 227 Å². The van der Waals surface area contributed by atoms with E-state index in [0.29, 0.717) is 28.4 Å². The maximum atomic E-state index is 13.7. The molecule has 39 heavy (non-hydrogen) atoms. The first-order valence-electron chi connectivity index (χ1n) is 13.6. The minimum absolute atomic E-state index is 0.160. The third-order valence-electron chi connectivity index (χ3n) is 8.22. The zero-order chi connectivity index (χ0) is 27.3. The van der Waals surface area contributed by atoms with Gasteiger partial charge in [0.05, 0.1) is 11.1 Å². The zero-order valence-corrected chi connectivity index (χ0v) is 23.2. The van der Waals surface area contributed by atoms with Gasteiger partial charge >= 0.3 is 0 Å². The number of piperazine rings is 1. The number of nitrogens with zero attached hydrogens (tertiary/aromatic N) is 6. The summed E-state index contributed by atoms with van der Waals surface area (Å²) >= 11 is 0. The molecule has 2 aliphatic rings. The number of aromatic amines is 1. The van der Waals surface area contributed by atoms with E-state index in [1.165, 1.54) is 16.8 Å². The van der Waals surface area contributed by atoms with Gasteiger partial charge in [-0.2, -0.15) is 0 Å². The van der Waals surface area contributed by atoms with Crippen LogP contribution in [0.3, 0.4) is 0 Å². The van der Waals surface area contributed by atoms with E-state index in [1.54, 1.807) is 0 Å². The highest BCUT2D eigenvalue weighted by Gasteiger charge is 2.36. The number of benzene rings is 2. The normalized spacial score (nSPS) is 16.7. The van der Waals surface area contributed by atoms with Crippen LogP contribution < -0.4 is 19.9 Å². The SMILES string of the molecule is CCC(C)(C)n1nnnc1C(c1cc2cc3c(cc2[nH]c1=O)OCO3)N1CCN(c2cc(C)ccc2C)CC1. The second-order valence-corrected chi connectivity index (χ2v) is 11.2. The van der Waals surface area contributed by atoms with Gasteiger partial charge in [0.2, 0.25) is 6.79 Å². The number of aromatic nitrogens is 5. The highest BCUT2D eigenvalue weighted by atomic mass is 16.7. The highest BCUT2D eigenvalue weighted by Crippen LogP contribution is 2.37. The molecule has 0 aliphatic carbocycles. The van der Waals surface area contributed by atoms with Crippen molar-refractivity contribution in [1.29, 1.82) is 0 Å². The third-order valence-corrected chi connectivity index (χ3v) is 8.22. The molecule has 1 fully saturated rings. The smallest absolute Gasteiger partial charge is 0.253 e. The van der Waals surface area contributed by atoms with Crippen LogP contribution in [0.5, 0.6) is 11.5 Å². The molecule has 204 valence electrons. The van der Waals surface area contributed by atoms with Crippen molar-refractivity contribution in [2.24, 2.45) is 0 Å². The van der Waals surface area contributed by atoms with E-state index >= 15 is 0 Å². The van der Waals surface area contributed by atoms with Gasteiger partial charge in [0.15, 0.2) is 17.3 Å². The third kappa shape index (κ3) is 4.52. The molecule has 6 rings (SSSR count). The lowest BCUT2D eigenvalue weighted by Crippen LogP contribution is -2.49. The minimum Gasteiger partial charge on any atom is -0.454 e. The van der Waals surface area contributed by atoms with Gasteiger partial charge in [0, 0.05) is 48.9 Å². The van der Waals surface area contributed by atoms with Crippen LogP contribution in [0, 0.1) is 13.8 Å². The summed E-state index contributed by atoms with van der Waals surface area (Å²) in [5.74, 6) is 1.99. The molecular formula is C29H35N7O3. The Balaban J connectivity index is 1.42. The van der Waals surface area contributed by atoms with Crippen molar-refractivity contribution >= 4 is 16.6 Å². The van der Waals surface area contributed by atoms with Crippen LogP contribution in [0.25, 0.3) is 10.9 Å². The van der Waals surface area contributed by atoms with Crippen LogP contribution in [0.15, 0.2) is 41.2 Å². The van der Waals surface area contributed by atoms with Gasteiger partial charge in [0.1, 0.15) is 6.04 Å². The Bertz CT molecular complexity index is 1580. The number of rotatable bonds is 6. The standard InChI is InChI=1S/C29H35N7O3/c1-6-29(4,5)36-27(31-32-33-36)26(35-11-9-34(10-12-35)23-13-18(2)7-8-19(23)3)21-14-20-15-24-25(39-17-38-24)16-22(20)30-28(21)37/h7-8,13-16,26H,6,9-12,17H2,1-5H3,(H,30,37). The molecule has 1 N–H and O–H groups in total. The number of aryl methyl sites for hydroxylation is 2. The van der Waals surface area contributed by atoms with Crippen LogP contribution in [-0.2, 0) is 5.54 Å². The molecule has 10 heteroatoms. The molecule has 0 radical (unpaired) electrons. The Morgan fingerprint density at radius 3 is 2.51 bits per heavy atom. The summed E-state index contributed by atoms with van der Waals surface area (Å²) in [6.45, 7) is 14.0. The molecule has 1 atom stereocenters. The van der Waals surface area contributed by atoms with Crippen molar-refractivity contribution in [1.82, 2.24) is 30.1 Å². The average molecular weight is 530 g/mol. The summed E-state index contributed by atoms with van der Waals surface area (Å²) in [6.07, 6.45) is 0.843. The van der Waals surface area contributed by atoms with E-state index in [4.69, 9.17) is 9.47 Å². The van der Waals surface area contributed by atoms with Gasteiger partial charge in [0.25, 0.3) is 5.56 Å². The van der Waals surface area contributed by atoms with Crippen LogP contribution in [0.2, 0.25) is 0 Å². The number of hydrogen-bond acceptors (Lipinski definition) is 8. The van der Waals surface area contributed by atoms with E-state index in [2.05, 4.69) is 83.1 Å². The van der Waals surface area contributed by atoms with Gasteiger partial charge in [-0.15, -0.1) is 5.10 Å². The number of pyridine rings is 1. The van der Waals surface area contributed by atoms with Crippen LogP contribution >= 0.6 is 0 Å². The van der Waals surface area contributed by atoms with E-state index in [9.17, 15) is 4.79 Å². The van der Waals surface area contributed by atoms with Crippen LogP contribution in [0.4, 0.5) is 5.69 Å². The fourth-order valence-corrected chi connectivity index (χ4v) is 5.54. The monoisotopic (exact) mass is 529 g/mol. The van der Waals surface area contributed by atoms with Crippen molar-refractivity contribution in [2.45, 2.75) is 52.6 Å². The number of anilines is 1. The number of ether oxygens (including phenoxy) is 2. The molecule has 4 heterocycles. The van der Waals surface area contributed by atoms with Crippen molar-refractivity contribution in [3.63, 3.8) is 0 Å².